The highest BCUT2D eigenvalue weighted by Gasteiger charge is 2.32. The first kappa shape index (κ1) is 28.1. The molecule has 40 heavy (non-hydrogen) atoms. The Bertz CT molecular complexity index is 1470. The van der Waals surface area contributed by atoms with Gasteiger partial charge in [0.2, 0.25) is 16.0 Å². The standard InChI is InChI=1S/C27H36N8O4S/c1-3-4-9-29-25-24-19(17-28)18-30-26(24)33-27(32-25)31-22-6-5-21(16-23(22)38-2)40(36,37)35-10-7-20(8-11-35)34-12-14-39-15-13-34/h5-6,16,18,20H,3-4,7-15H2,1-2H3,(H3,29,30,31,32,33). The number of ether oxygens (including phenoxy) is 2. The molecule has 2 fully saturated rings. The molecule has 2 aliphatic heterocycles. The van der Waals surface area contributed by atoms with E-state index in [-0.39, 0.29) is 10.8 Å². The highest BCUT2D eigenvalue weighted by atomic mass is 32.2. The van der Waals surface area contributed by atoms with E-state index < -0.39 is 10.0 Å². The van der Waals surface area contributed by atoms with Crippen LogP contribution in [0, 0.1) is 11.3 Å². The highest BCUT2D eigenvalue weighted by Crippen LogP contribution is 2.33. The van der Waals surface area contributed by atoms with Gasteiger partial charge in [0.05, 0.1) is 41.9 Å². The average Bonchev–Trinajstić information content (AvgIpc) is 3.41. The molecule has 0 radical (unpaired) electrons. The number of hydrogen-bond donors (Lipinski definition) is 3. The Kier molecular flexibility index (Phi) is 8.70. The largest absolute Gasteiger partial charge is 0.495 e. The zero-order chi connectivity index (χ0) is 28.1. The molecule has 13 heteroatoms. The fourth-order valence-corrected chi connectivity index (χ4v) is 6.77. The molecule has 0 aliphatic carbocycles. The monoisotopic (exact) mass is 568 g/mol. The van der Waals surface area contributed by atoms with Crippen molar-refractivity contribution in [2.24, 2.45) is 0 Å². The number of nitriles is 1. The van der Waals surface area contributed by atoms with E-state index in [1.807, 2.05) is 0 Å². The molecule has 1 aromatic carbocycles. The van der Waals surface area contributed by atoms with Crippen molar-refractivity contribution < 1.29 is 17.9 Å². The molecule has 214 valence electrons. The number of unbranched alkanes of at least 4 members (excludes halogenated alkanes) is 1. The van der Waals surface area contributed by atoms with E-state index in [0.717, 1.165) is 52.0 Å². The molecule has 3 aromatic rings. The van der Waals surface area contributed by atoms with Gasteiger partial charge in [-0.2, -0.15) is 19.5 Å². The van der Waals surface area contributed by atoms with Crippen LogP contribution in [0.15, 0.2) is 29.3 Å². The number of anilines is 3. The van der Waals surface area contributed by atoms with E-state index in [2.05, 4.69) is 43.5 Å². The van der Waals surface area contributed by atoms with Crippen LogP contribution >= 0.6 is 0 Å². The van der Waals surface area contributed by atoms with E-state index in [1.165, 1.54) is 13.2 Å². The lowest BCUT2D eigenvalue weighted by atomic mass is 10.0. The summed E-state index contributed by atoms with van der Waals surface area (Å²) in [6.45, 7) is 7.05. The molecular formula is C27H36N8O4S. The van der Waals surface area contributed by atoms with E-state index in [1.54, 1.807) is 22.6 Å². The lowest BCUT2D eigenvalue weighted by Crippen LogP contribution is -2.50. The Morgan fingerprint density at radius 3 is 2.67 bits per heavy atom. The number of hydrogen-bond acceptors (Lipinski definition) is 10. The molecule has 2 aliphatic rings. The van der Waals surface area contributed by atoms with Gasteiger partial charge in [0.1, 0.15) is 23.3 Å². The van der Waals surface area contributed by atoms with Gasteiger partial charge in [-0.3, -0.25) is 4.90 Å². The molecule has 12 nitrogen and oxygen atoms in total. The molecule has 0 bridgehead atoms. The molecular weight excluding hydrogens is 532 g/mol. The van der Waals surface area contributed by atoms with Gasteiger partial charge < -0.3 is 25.1 Å². The Hall–Kier alpha value is -3.44. The van der Waals surface area contributed by atoms with Gasteiger partial charge >= 0.3 is 0 Å². The predicted octanol–water partition coefficient (Wildman–Crippen LogP) is 3.28. The minimum absolute atomic E-state index is 0.182. The van der Waals surface area contributed by atoms with E-state index >= 15 is 0 Å². The quantitative estimate of drug-likeness (QED) is 0.311. The van der Waals surface area contributed by atoms with Crippen molar-refractivity contribution in [2.45, 2.75) is 43.5 Å². The Labute approximate surface area is 234 Å². The molecule has 2 saturated heterocycles. The van der Waals surface area contributed by atoms with Crippen molar-refractivity contribution in [3.63, 3.8) is 0 Å². The van der Waals surface area contributed by atoms with E-state index in [9.17, 15) is 13.7 Å². The van der Waals surface area contributed by atoms with Crippen molar-refractivity contribution in [3.05, 3.63) is 30.0 Å². The van der Waals surface area contributed by atoms with Crippen molar-refractivity contribution >= 4 is 38.5 Å². The number of methoxy groups -OCH3 is 1. The minimum atomic E-state index is -3.68. The summed E-state index contributed by atoms with van der Waals surface area (Å²) < 4.78 is 39.6. The number of morpholine rings is 1. The number of sulfonamides is 1. The maximum absolute atomic E-state index is 13.5. The van der Waals surface area contributed by atoms with Crippen LogP contribution in [0.2, 0.25) is 0 Å². The van der Waals surface area contributed by atoms with Crippen molar-refractivity contribution in [1.29, 1.82) is 5.26 Å². The molecule has 4 heterocycles. The fourth-order valence-electron chi connectivity index (χ4n) is 5.28. The predicted molar refractivity (Wildman–Crippen MR) is 152 cm³/mol. The van der Waals surface area contributed by atoms with Crippen LogP contribution < -0.4 is 15.4 Å². The van der Waals surface area contributed by atoms with Crippen molar-refractivity contribution in [2.75, 3.05) is 63.7 Å². The second-order valence-corrected chi connectivity index (χ2v) is 11.9. The zero-order valence-corrected chi connectivity index (χ0v) is 23.8. The third kappa shape index (κ3) is 5.85. The first-order valence-electron chi connectivity index (χ1n) is 13.7. The number of fused-ring (bicyclic) bond motifs is 1. The minimum Gasteiger partial charge on any atom is -0.495 e. The molecule has 2 aromatic heterocycles. The zero-order valence-electron chi connectivity index (χ0n) is 22.9. The van der Waals surface area contributed by atoms with Crippen LogP contribution in [0.5, 0.6) is 5.75 Å². The van der Waals surface area contributed by atoms with Gasteiger partial charge in [-0.1, -0.05) is 13.3 Å². The summed E-state index contributed by atoms with van der Waals surface area (Å²) in [6, 6.07) is 7.34. The Morgan fingerprint density at radius 2 is 1.98 bits per heavy atom. The molecule has 0 amide bonds. The maximum atomic E-state index is 13.5. The summed E-state index contributed by atoms with van der Waals surface area (Å²) in [7, 11) is -2.18. The summed E-state index contributed by atoms with van der Waals surface area (Å²) in [5.41, 5.74) is 1.51. The molecule has 3 N–H and O–H groups in total. The molecule has 0 atom stereocenters. The summed E-state index contributed by atoms with van der Waals surface area (Å²) >= 11 is 0. The topological polar surface area (TPSA) is 148 Å². The van der Waals surface area contributed by atoms with Gasteiger partial charge in [-0.05, 0) is 31.4 Å². The first-order chi connectivity index (χ1) is 19.4. The smallest absolute Gasteiger partial charge is 0.243 e. The summed E-state index contributed by atoms with van der Waals surface area (Å²) in [4.78, 5) is 14.8. The van der Waals surface area contributed by atoms with Gasteiger partial charge in [0.15, 0.2) is 0 Å². The van der Waals surface area contributed by atoms with Crippen LogP contribution in [0.1, 0.15) is 38.2 Å². The van der Waals surface area contributed by atoms with Gasteiger partial charge in [0, 0.05) is 51.0 Å². The Balaban J connectivity index is 1.34. The van der Waals surface area contributed by atoms with Gasteiger partial charge in [-0.25, -0.2) is 8.42 Å². The SMILES string of the molecule is CCCCNc1nc(Nc2ccc(S(=O)(=O)N3CCC(N4CCOCC4)CC3)cc2OC)nc2[nH]cc(C#N)c12. The maximum Gasteiger partial charge on any atom is 0.243 e. The van der Waals surface area contributed by atoms with Crippen LogP contribution in [0.4, 0.5) is 17.5 Å². The third-order valence-electron chi connectivity index (χ3n) is 7.52. The number of rotatable bonds is 10. The van der Waals surface area contributed by atoms with Crippen LogP contribution in [0.25, 0.3) is 11.0 Å². The normalized spacial score (nSPS) is 17.5. The summed E-state index contributed by atoms with van der Waals surface area (Å²) in [5.74, 6) is 1.20. The Morgan fingerprint density at radius 1 is 1.20 bits per heavy atom. The van der Waals surface area contributed by atoms with Crippen LogP contribution in [-0.2, 0) is 14.8 Å². The number of aromatic amines is 1. The number of nitrogens with zero attached hydrogens (tertiary/aromatic N) is 5. The van der Waals surface area contributed by atoms with Crippen molar-refractivity contribution in [3.8, 4) is 11.8 Å². The fraction of sp³-hybridized carbons (Fsp3) is 0.519. The third-order valence-corrected chi connectivity index (χ3v) is 9.41. The summed E-state index contributed by atoms with van der Waals surface area (Å²) in [5, 5.41) is 16.6. The van der Waals surface area contributed by atoms with Crippen LogP contribution in [0.3, 0.4) is 0 Å². The lowest BCUT2D eigenvalue weighted by molar-refractivity contribution is 0.00610. The number of nitrogens with one attached hydrogen (secondary N) is 3. The highest BCUT2D eigenvalue weighted by molar-refractivity contribution is 7.89. The van der Waals surface area contributed by atoms with Crippen molar-refractivity contribution in [1.82, 2.24) is 24.2 Å². The average molecular weight is 569 g/mol. The second-order valence-electron chi connectivity index (χ2n) is 9.98. The van der Waals surface area contributed by atoms with Crippen LogP contribution in [-0.4, -0.2) is 91.7 Å². The first-order valence-corrected chi connectivity index (χ1v) is 15.2. The molecule has 0 unspecified atom stereocenters. The number of benzene rings is 1. The number of piperidine rings is 1. The molecule has 0 spiro atoms. The van der Waals surface area contributed by atoms with E-state index in [0.29, 0.717) is 59.5 Å². The number of aromatic nitrogens is 3. The lowest BCUT2D eigenvalue weighted by Gasteiger charge is -2.39. The second kappa shape index (κ2) is 12.4. The summed E-state index contributed by atoms with van der Waals surface area (Å²) in [6.07, 6.45) is 5.18. The van der Waals surface area contributed by atoms with E-state index in [4.69, 9.17) is 9.47 Å². The number of H-pyrrole nitrogens is 1. The molecule has 0 saturated carbocycles. The van der Waals surface area contributed by atoms with Gasteiger partial charge in [0.25, 0.3) is 0 Å². The van der Waals surface area contributed by atoms with Gasteiger partial charge in [-0.15, -0.1) is 0 Å². The molecule has 5 rings (SSSR count).